The molecule has 2 aromatic rings. The van der Waals surface area contributed by atoms with Crippen LogP contribution in [0.2, 0.25) is 0 Å². The molecular formula is C23H19BrN4O10S. The fraction of sp³-hybridized carbons (Fsp3) is 0.217. The van der Waals surface area contributed by atoms with Gasteiger partial charge in [-0.2, -0.15) is 0 Å². The van der Waals surface area contributed by atoms with Crippen molar-refractivity contribution >= 4 is 62.5 Å². The number of para-hydroxylation sites is 1. The van der Waals surface area contributed by atoms with E-state index < -0.39 is 56.9 Å². The van der Waals surface area contributed by atoms with Gasteiger partial charge in [-0.25, -0.2) is 4.79 Å². The number of carbonyl (C=O) groups is 4. The predicted octanol–water partition coefficient (Wildman–Crippen LogP) is 2.53. The summed E-state index contributed by atoms with van der Waals surface area (Å²) in [7, 11) is 0. The van der Waals surface area contributed by atoms with Crippen LogP contribution in [0.4, 0.5) is 11.4 Å². The zero-order valence-electron chi connectivity index (χ0n) is 19.7. The van der Waals surface area contributed by atoms with Crippen LogP contribution in [0.1, 0.15) is 11.1 Å². The highest BCUT2D eigenvalue weighted by atomic mass is 79.9. The lowest BCUT2D eigenvalue weighted by molar-refractivity contribution is -0.385. The van der Waals surface area contributed by atoms with Gasteiger partial charge < -0.3 is 15.2 Å². The number of carbonyl (C=O) groups excluding carboxylic acids is 4. The fourth-order valence-corrected chi connectivity index (χ4v) is 4.67. The van der Waals surface area contributed by atoms with Crippen LogP contribution in [-0.2, 0) is 36.9 Å². The molecule has 0 bridgehead atoms. The van der Waals surface area contributed by atoms with Crippen LogP contribution in [-0.4, -0.2) is 60.0 Å². The number of esters is 1. The number of aliphatic hydroxyl groups is 1. The van der Waals surface area contributed by atoms with Gasteiger partial charge in [-0.3, -0.25) is 39.5 Å². The third-order valence-corrected chi connectivity index (χ3v) is 6.85. The Morgan fingerprint density at radius 3 is 2.38 bits per heavy atom. The average molecular weight is 623 g/mol. The second kappa shape index (κ2) is 13.0. The normalized spacial score (nSPS) is 16.9. The number of alkyl halides is 1. The molecule has 0 aliphatic carbocycles. The van der Waals surface area contributed by atoms with E-state index in [9.17, 15) is 44.5 Å². The minimum Gasteiger partial charge on any atom is -0.509 e. The Hall–Kier alpha value is -4.31. The summed E-state index contributed by atoms with van der Waals surface area (Å²) in [5.74, 6) is -3.28. The first-order chi connectivity index (χ1) is 18.6. The molecule has 14 nitrogen and oxygen atoms in total. The number of halogens is 1. The Morgan fingerprint density at radius 2 is 1.79 bits per heavy atom. The highest BCUT2D eigenvalue weighted by Gasteiger charge is 2.53. The summed E-state index contributed by atoms with van der Waals surface area (Å²) in [5.41, 5.74) is -0.136. The quantitative estimate of drug-likeness (QED) is 0.0515. The van der Waals surface area contributed by atoms with E-state index >= 15 is 0 Å². The highest BCUT2D eigenvalue weighted by Crippen LogP contribution is 2.34. The molecule has 0 spiro atoms. The molecule has 0 saturated carbocycles. The summed E-state index contributed by atoms with van der Waals surface area (Å²) in [6.07, 6.45) is -0.425. The molecule has 2 amide bonds. The van der Waals surface area contributed by atoms with Crippen LogP contribution < -0.4 is 5.32 Å². The molecule has 16 heteroatoms. The maximum Gasteiger partial charge on any atom is 0.358 e. The monoisotopic (exact) mass is 622 g/mol. The van der Waals surface area contributed by atoms with Crippen LogP contribution in [0.25, 0.3) is 0 Å². The number of benzene rings is 2. The summed E-state index contributed by atoms with van der Waals surface area (Å²) in [5, 5.41) is 33.4. The van der Waals surface area contributed by atoms with Crippen molar-refractivity contribution in [3.8, 4) is 0 Å². The molecular weight excluding hydrogens is 604 g/mol. The van der Waals surface area contributed by atoms with Gasteiger partial charge in [0.1, 0.15) is 23.8 Å². The van der Waals surface area contributed by atoms with Crippen LogP contribution in [0, 0.1) is 20.2 Å². The molecule has 204 valence electrons. The molecule has 2 N–H and O–H groups in total. The van der Waals surface area contributed by atoms with Crippen LogP contribution in [0.3, 0.4) is 0 Å². The number of thioether (sulfide) groups is 1. The van der Waals surface area contributed by atoms with E-state index in [1.807, 2.05) is 0 Å². The lowest BCUT2D eigenvalue weighted by Gasteiger charge is -2.45. The van der Waals surface area contributed by atoms with Crippen molar-refractivity contribution in [2.24, 2.45) is 0 Å². The van der Waals surface area contributed by atoms with Gasteiger partial charge in [0.2, 0.25) is 5.91 Å². The Morgan fingerprint density at radius 1 is 1.13 bits per heavy atom. The fourth-order valence-electron chi connectivity index (χ4n) is 3.62. The van der Waals surface area contributed by atoms with Gasteiger partial charge in [0.05, 0.1) is 21.6 Å². The van der Waals surface area contributed by atoms with Gasteiger partial charge in [0, 0.05) is 23.8 Å². The van der Waals surface area contributed by atoms with Crippen molar-refractivity contribution in [1.29, 1.82) is 0 Å². The molecule has 1 heterocycles. The van der Waals surface area contributed by atoms with Gasteiger partial charge in [0.15, 0.2) is 11.3 Å². The number of ether oxygens (including phenoxy) is 1. The molecule has 1 aliphatic heterocycles. The van der Waals surface area contributed by atoms with E-state index in [0.717, 1.165) is 4.90 Å². The molecule has 2 unspecified atom stereocenters. The third-order valence-electron chi connectivity index (χ3n) is 5.45. The smallest absolute Gasteiger partial charge is 0.358 e. The molecule has 0 aromatic heterocycles. The van der Waals surface area contributed by atoms with Crippen molar-refractivity contribution < 1.29 is 38.9 Å². The Kier molecular flexibility index (Phi) is 9.73. The summed E-state index contributed by atoms with van der Waals surface area (Å²) in [4.78, 5) is 71.4. The van der Waals surface area contributed by atoms with E-state index in [2.05, 4.69) is 21.2 Å². The van der Waals surface area contributed by atoms with Gasteiger partial charge >= 0.3 is 5.97 Å². The largest absolute Gasteiger partial charge is 0.509 e. The molecule has 2 atom stereocenters. The molecule has 2 aromatic carbocycles. The van der Waals surface area contributed by atoms with Crippen molar-refractivity contribution in [3.05, 3.63) is 91.3 Å². The van der Waals surface area contributed by atoms with Crippen molar-refractivity contribution in [2.75, 3.05) is 5.33 Å². The van der Waals surface area contributed by atoms with E-state index in [4.69, 9.17) is 4.74 Å². The number of β-lactam (4-membered cyclic amide) rings is 1. The van der Waals surface area contributed by atoms with Crippen LogP contribution >= 0.6 is 27.7 Å². The lowest BCUT2D eigenvalue weighted by atomic mass is 10.0. The van der Waals surface area contributed by atoms with E-state index in [1.54, 1.807) is 0 Å². The predicted molar refractivity (Wildman–Crippen MR) is 140 cm³/mol. The average Bonchev–Trinajstić information content (AvgIpc) is 2.92. The van der Waals surface area contributed by atoms with Gasteiger partial charge in [-0.15, -0.1) is 0 Å². The standard InChI is InChI=1S/C23H19BrN4O10S/c24-10-17(30)20(23(33)38-11-13-5-7-15(8-6-13)27(34)35)26-21(32)19(22(26)39-12-29)25-18(31)9-14-3-1-2-4-16(14)28(36)37/h1-8,12,19,22,30H,9-11H2,(H,25,31). The van der Waals surface area contributed by atoms with E-state index in [0.29, 0.717) is 22.9 Å². The molecule has 1 fully saturated rings. The first kappa shape index (κ1) is 29.2. The SMILES string of the molecule is O=CSC1C(NC(=O)Cc2ccccc2[N+](=O)[O-])C(=O)N1C(C(=O)OCc1ccc([N+](=O)[O-])cc1)=C(O)CBr. The van der Waals surface area contributed by atoms with Crippen molar-refractivity contribution in [3.63, 3.8) is 0 Å². The number of non-ortho nitro benzene ring substituents is 1. The first-order valence-corrected chi connectivity index (χ1v) is 13.0. The minimum atomic E-state index is -1.28. The number of nitrogens with one attached hydrogen (secondary N) is 1. The molecule has 1 aliphatic rings. The highest BCUT2D eigenvalue weighted by molar-refractivity contribution is 9.09. The summed E-state index contributed by atoms with van der Waals surface area (Å²) >= 11 is 3.55. The number of hydrogen-bond donors (Lipinski definition) is 2. The Labute approximate surface area is 232 Å². The number of rotatable bonds is 12. The number of hydrogen-bond acceptors (Lipinski definition) is 11. The number of aliphatic hydroxyl groups excluding tert-OH is 1. The summed E-state index contributed by atoms with van der Waals surface area (Å²) in [6, 6.07) is 9.44. The first-order valence-electron chi connectivity index (χ1n) is 10.9. The number of nitrogens with zero attached hydrogens (tertiary/aromatic N) is 3. The van der Waals surface area contributed by atoms with E-state index in [-0.39, 0.29) is 28.9 Å². The number of nitro groups is 2. The van der Waals surface area contributed by atoms with Crippen molar-refractivity contribution in [1.82, 2.24) is 10.2 Å². The van der Waals surface area contributed by atoms with Crippen molar-refractivity contribution in [2.45, 2.75) is 24.4 Å². The number of nitro benzene ring substituents is 2. The third kappa shape index (κ3) is 6.77. The van der Waals surface area contributed by atoms with Crippen LogP contribution in [0.15, 0.2) is 60.0 Å². The maximum atomic E-state index is 13.0. The maximum absolute atomic E-state index is 13.0. The topological polar surface area (TPSA) is 199 Å². The Bertz CT molecular complexity index is 1350. The van der Waals surface area contributed by atoms with Gasteiger partial charge in [-0.1, -0.05) is 45.9 Å². The molecule has 1 saturated heterocycles. The molecule has 39 heavy (non-hydrogen) atoms. The second-order valence-electron chi connectivity index (χ2n) is 7.87. The Balaban J connectivity index is 1.75. The van der Waals surface area contributed by atoms with E-state index in [1.165, 1.54) is 48.5 Å². The molecule has 3 rings (SSSR count). The zero-order valence-corrected chi connectivity index (χ0v) is 22.1. The van der Waals surface area contributed by atoms with Gasteiger partial charge in [0.25, 0.3) is 17.3 Å². The number of likely N-dealkylation sites (tertiary alicyclic amines) is 1. The summed E-state index contributed by atoms with van der Waals surface area (Å²) in [6.45, 7) is -0.348. The van der Waals surface area contributed by atoms with Gasteiger partial charge in [-0.05, 0) is 17.7 Å². The number of amides is 2. The summed E-state index contributed by atoms with van der Waals surface area (Å²) < 4.78 is 5.19. The second-order valence-corrected chi connectivity index (χ2v) is 9.38. The number of allylic oxidation sites excluding steroid dienone is 1. The molecule has 0 radical (unpaired) electrons. The van der Waals surface area contributed by atoms with Crippen LogP contribution in [0.5, 0.6) is 0 Å². The zero-order chi connectivity index (χ0) is 28.7. The minimum absolute atomic E-state index is 0.107. The lowest BCUT2D eigenvalue weighted by Crippen LogP contribution is -2.69.